The fourth-order valence-corrected chi connectivity index (χ4v) is 4.05. The van der Waals surface area contributed by atoms with Gasteiger partial charge in [0.05, 0.1) is 0 Å². The number of rotatable bonds is 4. The van der Waals surface area contributed by atoms with Gasteiger partial charge in [-0.2, -0.15) is 0 Å². The van der Waals surface area contributed by atoms with Gasteiger partial charge in [0.25, 0.3) is 0 Å². The van der Waals surface area contributed by atoms with Crippen LogP contribution in [0.1, 0.15) is 77.0 Å². The highest BCUT2D eigenvalue weighted by atomic mass is 14.5. The lowest BCUT2D eigenvalue weighted by atomic mass is 9.63. The zero-order chi connectivity index (χ0) is 11.9. The van der Waals surface area contributed by atoms with Crippen molar-refractivity contribution in [3.05, 3.63) is 0 Å². The van der Waals surface area contributed by atoms with E-state index in [9.17, 15) is 0 Å². The highest BCUT2D eigenvalue weighted by Gasteiger charge is 2.35. The van der Waals surface area contributed by atoms with Crippen LogP contribution < -0.4 is 5.73 Å². The summed E-state index contributed by atoms with van der Waals surface area (Å²) in [4.78, 5) is 0. The van der Waals surface area contributed by atoms with Crippen molar-refractivity contribution in [2.75, 3.05) is 6.54 Å². The van der Waals surface area contributed by atoms with Crippen LogP contribution in [0.5, 0.6) is 0 Å². The molecule has 0 heterocycles. The van der Waals surface area contributed by atoms with Crippen molar-refractivity contribution in [2.24, 2.45) is 23.5 Å². The zero-order valence-corrected chi connectivity index (χ0v) is 11.5. The fourth-order valence-electron chi connectivity index (χ4n) is 4.05. The topological polar surface area (TPSA) is 26.0 Å². The van der Waals surface area contributed by atoms with E-state index in [1.165, 1.54) is 77.0 Å². The van der Waals surface area contributed by atoms with Crippen LogP contribution in [0.3, 0.4) is 0 Å². The van der Waals surface area contributed by atoms with E-state index in [2.05, 4.69) is 0 Å². The molecule has 0 saturated heterocycles. The number of nitrogens with two attached hydrogens (primary N) is 1. The Hall–Kier alpha value is -0.0400. The summed E-state index contributed by atoms with van der Waals surface area (Å²) < 4.78 is 0. The van der Waals surface area contributed by atoms with Crippen LogP contribution in [0.2, 0.25) is 0 Å². The molecule has 1 heteroatoms. The summed E-state index contributed by atoms with van der Waals surface area (Å²) >= 11 is 0. The van der Waals surface area contributed by atoms with Crippen LogP contribution in [0.25, 0.3) is 0 Å². The van der Waals surface area contributed by atoms with Crippen molar-refractivity contribution in [1.82, 2.24) is 0 Å². The summed E-state index contributed by atoms with van der Waals surface area (Å²) in [5, 5.41) is 0. The lowest BCUT2D eigenvalue weighted by Crippen LogP contribution is -2.33. The molecule has 2 unspecified atom stereocenters. The molecule has 2 atom stereocenters. The Morgan fingerprint density at radius 2 is 1.41 bits per heavy atom. The molecule has 0 amide bonds. The fraction of sp³-hybridized carbons (Fsp3) is 1.00. The molecule has 1 nitrogen and oxygen atoms in total. The van der Waals surface area contributed by atoms with E-state index >= 15 is 0 Å². The highest BCUT2D eigenvalue weighted by molar-refractivity contribution is 4.86. The lowest BCUT2D eigenvalue weighted by Gasteiger charge is -2.42. The van der Waals surface area contributed by atoms with Crippen molar-refractivity contribution in [3.63, 3.8) is 0 Å². The molecule has 2 aliphatic carbocycles. The standard InChI is InChI=1S/C16H31N/c17-13-7-10-15-11-12-16(15)14-8-5-3-1-2-4-6-9-14/h14-16H,1-13,17H2. The Morgan fingerprint density at radius 3 is 1.94 bits per heavy atom. The van der Waals surface area contributed by atoms with E-state index in [-0.39, 0.29) is 0 Å². The predicted octanol–water partition coefficient (Wildman–Crippen LogP) is 4.50. The maximum Gasteiger partial charge on any atom is -0.00772 e. The van der Waals surface area contributed by atoms with Gasteiger partial charge in [0, 0.05) is 0 Å². The largest absolute Gasteiger partial charge is 0.330 e. The summed E-state index contributed by atoms with van der Waals surface area (Å²) in [5.41, 5.74) is 5.65. The SMILES string of the molecule is NCCCC1CCC1C1CCCCCCCC1. The Bertz CT molecular complexity index is 192. The molecule has 2 saturated carbocycles. The van der Waals surface area contributed by atoms with Gasteiger partial charge in [0.15, 0.2) is 0 Å². The molecule has 2 fully saturated rings. The summed E-state index contributed by atoms with van der Waals surface area (Å²) in [7, 11) is 0. The van der Waals surface area contributed by atoms with Crippen LogP contribution in [0.15, 0.2) is 0 Å². The van der Waals surface area contributed by atoms with E-state index < -0.39 is 0 Å². The molecule has 2 rings (SSSR count). The van der Waals surface area contributed by atoms with Gasteiger partial charge in [-0.3, -0.25) is 0 Å². The second kappa shape index (κ2) is 7.41. The molecule has 100 valence electrons. The van der Waals surface area contributed by atoms with Gasteiger partial charge in [0.2, 0.25) is 0 Å². The van der Waals surface area contributed by atoms with Gasteiger partial charge in [-0.05, 0) is 50.0 Å². The molecule has 2 N–H and O–H groups in total. The number of hydrogen-bond donors (Lipinski definition) is 1. The van der Waals surface area contributed by atoms with Crippen molar-refractivity contribution in [2.45, 2.75) is 77.0 Å². The Balaban J connectivity index is 1.77. The third kappa shape index (κ3) is 3.98. The molecule has 0 spiro atoms. The van der Waals surface area contributed by atoms with E-state index in [4.69, 9.17) is 5.73 Å². The van der Waals surface area contributed by atoms with E-state index in [1.807, 2.05) is 0 Å². The molecule has 0 aromatic carbocycles. The van der Waals surface area contributed by atoms with Gasteiger partial charge >= 0.3 is 0 Å². The van der Waals surface area contributed by atoms with Crippen LogP contribution in [0.4, 0.5) is 0 Å². The minimum atomic E-state index is 0.897. The first-order valence-corrected chi connectivity index (χ1v) is 8.12. The van der Waals surface area contributed by atoms with E-state index in [0.29, 0.717) is 0 Å². The maximum absolute atomic E-state index is 5.65. The first-order chi connectivity index (χ1) is 8.42. The van der Waals surface area contributed by atoms with Gasteiger partial charge in [-0.1, -0.05) is 51.4 Å². The van der Waals surface area contributed by atoms with Crippen molar-refractivity contribution in [3.8, 4) is 0 Å². The maximum atomic E-state index is 5.65. The van der Waals surface area contributed by atoms with Crippen molar-refractivity contribution >= 4 is 0 Å². The molecule has 2 aliphatic rings. The Labute approximate surface area is 108 Å². The van der Waals surface area contributed by atoms with Gasteiger partial charge < -0.3 is 5.73 Å². The predicted molar refractivity (Wildman–Crippen MR) is 74.9 cm³/mol. The smallest absolute Gasteiger partial charge is 0.00772 e. The van der Waals surface area contributed by atoms with E-state index in [1.54, 1.807) is 0 Å². The monoisotopic (exact) mass is 237 g/mol. The van der Waals surface area contributed by atoms with Gasteiger partial charge in [-0.25, -0.2) is 0 Å². The molecule has 0 bridgehead atoms. The third-order valence-electron chi connectivity index (χ3n) is 5.26. The molecule has 0 aromatic heterocycles. The molecule has 0 radical (unpaired) electrons. The Morgan fingerprint density at radius 1 is 0.765 bits per heavy atom. The number of hydrogen-bond acceptors (Lipinski definition) is 1. The van der Waals surface area contributed by atoms with Crippen LogP contribution in [0, 0.1) is 17.8 Å². The van der Waals surface area contributed by atoms with Crippen molar-refractivity contribution in [1.29, 1.82) is 0 Å². The van der Waals surface area contributed by atoms with Gasteiger partial charge in [0.1, 0.15) is 0 Å². The Kier molecular flexibility index (Phi) is 5.84. The second-order valence-electron chi connectivity index (χ2n) is 6.39. The van der Waals surface area contributed by atoms with Crippen LogP contribution in [-0.2, 0) is 0 Å². The average Bonchev–Trinajstić information content (AvgIpc) is 2.42. The van der Waals surface area contributed by atoms with Crippen LogP contribution in [-0.4, -0.2) is 6.54 Å². The molecular formula is C16H31N. The molecule has 17 heavy (non-hydrogen) atoms. The third-order valence-corrected chi connectivity index (χ3v) is 5.26. The summed E-state index contributed by atoms with van der Waals surface area (Å²) in [5.74, 6) is 3.20. The summed E-state index contributed by atoms with van der Waals surface area (Å²) in [6, 6.07) is 0. The first kappa shape index (κ1) is 13.4. The molecular weight excluding hydrogens is 206 g/mol. The lowest BCUT2D eigenvalue weighted by molar-refractivity contribution is 0.0816. The minimum Gasteiger partial charge on any atom is -0.330 e. The zero-order valence-electron chi connectivity index (χ0n) is 11.5. The summed E-state index contributed by atoms with van der Waals surface area (Å²) in [6.07, 6.45) is 17.8. The quantitative estimate of drug-likeness (QED) is 0.765. The van der Waals surface area contributed by atoms with Gasteiger partial charge in [-0.15, -0.1) is 0 Å². The highest BCUT2D eigenvalue weighted by Crippen LogP contribution is 2.46. The van der Waals surface area contributed by atoms with Crippen LogP contribution >= 0.6 is 0 Å². The summed E-state index contributed by atoms with van der Waals surface area (Å²) in [6.45, 7) is 0.897. The van der Waals surface area contributed by atoms with Crippen molar-refractivity contribution < 1.29 is 0 Å². The molecule has 0 aromatic rings. The molecule has 0 aliphatic heterocycles. The average molecular weight is 237 g/mol. The van der Waals surface area contributed by atoms with E-state index in [0.717, 1.165) is 24.3 Å². The minimum absolute atomic E-state index is 0.897. The normalized spacial score (nSPS) is 32.3. The first-order valence-electron chi connectivity index (χ1n) is 8.12. The second-order valence-corrected chi connectivity index (χ2v) is 6.39.